The fourth-order valence-electron chi connectivity index (χ4n) is 4.35. The zero-order valence-electron chi connectivity index (χ0n) is 20.3. The molecule has 1 saturated heterocycles. The van der Waals surface area contributed by atoms with Crippen molar-refractivity contribution >= 4 is 20.4 Å². The summed E-state index contributed by atoms with van der Waals surface area (Å²) in [7, 11) is -0.831. The first-order chi connectivity index (χ1) is 15.5. The van der Waals surface area contributed by atoms with Crippen LogP contribution in [0.3, 0.4) is 0 Å². The van der Waals surface area contributed by atoms with Crippen LogP contribution >= 0.6 is 0 Å². The smallest absolute Gasteiger partial charge is 0.408 e. The summed E-state index contributed by atoms with van der Waals surface area (Å²) in [6, 6.07) is 9.34. The summed E-state index contributed by atoms with van der Waals surface area (Å²) < 4.78 is 29.0. The van der Waals surface area contributed by atoms with Gasteiger partial charge in [-0.25, -0.2) is 9.59 Å². The van der Waals surface area contributed by atoms with Gasteiger partial charge in [-0.15, -0.1) is 0 Å². The standard InChI is InChI=1S/C24H35NO7Si/c1-23(2)30-16-19(31-23)18-13-10-14-20(32-33(4,5)6)24(18,21(26)28-3)25-22(27)29-15-17-11-8-7-9-12-17/h7-12,14,18-20H,13,15-16H2,1-6H3,(H,25,27)/t18-,19+,20+,24+/m0/s1. The number of nitrogens with one attached hydrogen (secondary N) is 1. The van der Waals surface area contributed by atoms with Crippen LogP contribution in [0.1, 0.15) is 25.8 Å². The van der Waals surface area contributed by atoms with Crippen molar-refractivity contribution in [2.24, 2.45) is 5.92 Å². The number of rotatable bonds is 7. The van der Waals surface area contributed by atoms with E-state index in [2.05, 4.69) is 5.32 Å². The molecule has 1 heterocycles. The zero-order valence-corrected chi connectivity index (χ0v) is 21.3. The molecule has 8 nitrogen and oxygen atoms in total. The second-order valence-electron chi connectivity index (χ2n) is 9.84. The molecular formula is C24H35NO7Si. The molecule has 1 aromatic carbocycles. The molecule has 0 spiro atoms. The van der Waals surface area contributed by atoms with Crippen molar-refractivity contribution in [1.29, 1.82) is 0 Å². The van der Waals surface area contributed by atoms with Gasteiger partial charge in [0.05, 0.1) is 25.9 Å². The van der Waals surface area contributed by atoms with Crippen LogP contribution in [0.2, 0.25) is 19.6 Å². The number of methoxy groups -OCH3 is 1. The first-order valence-electron chi connectivity index (χ1n) is 11.2. The van der Waals surface area contributed by atoms with Gasteiger partial charge in [-0.05, 0) is 45.5 Å². The molecular weight excluding hydrogens is 442 g/mol. The van der Waals surface area contributed by atoms with Gasteiger partial charge in [0.25, 0.3) is 0 Å². The first-order valence-corrected chi connectivity index (χ1v) is 14.6. The average Bonchev–Trinajstić information content (AvgIpc) is 3.11. The number of benzene rings is 1. The number of hydrogen-bond donors (Lipinski definition) is 1. The largest absolute Gasteiger partial charge is 0.467 e. The van der Waals surface area contributed by atoms with Crippen molar-refractivity contribution in [2.75, 3.05) is 13.7 Å². The molecule has 0 radical (unpaired) electrons. The van der Waals surface area contributed by atoms with Gasteiger partial charge in [0.15, 0.2) is 19.6 Å². The fraction of sp³-hybridized carbons (Fsp3) is 0.583. The lowest BCUT2D eigenvalue weighted by atomic mass is 9.71. The minimum absolute atomic E-state index is 0.0695. The van der Waals surface area contributed by atoms with Gasteiger partial charge in [-0.2, -0.15) is 0 Å². The summed E-state index contributed by atoms with van der Waals surface area (Å²) in [5.41, 5.74) is -0.699. The van der Waals surface area contributed by atoms with Crippen molar-refractivity contribution in [2.45, 2.75) is 70.1 Å². The third-order valence-corrected chi connectivity index (χ3v) is 6.70. The molecule has 4 atom stereocenters. The van der Waals surface area contributed by atoms with E-state index in [1.807, 2.05) is 76.0 Å². The van der Waals surface area contributed by atoms with Gasteiger partial charge in [-0.1, -0.05) is 42.5 Å². The number of allylic oxidation sites excluding steroid dienone is 1. The predicted molar refractivity (Wildman–Crippen MR) is 125 cm³/mol. The lowest BCUT2D eigenvalue weighted by molar-refractivity contribution is -0.169. The normalized spacial score (nSPS) is 28.8. The quantitative estimate of drug-likeness (QED) is 0.363. The van der Waals surface area contributed by atoms with Crippen LogP contribution in [0.5, 0.6) is 0 Å². The number of hydrogen-bond acceptors (Lipinski definition) is 7. The third-order valence-electron chi connectivity index (χ3n) is 5.74. The highest BCUT2D eigenvalue weighted by Crippen LogP contribution is 2.41. The Hall–Kier alpha value is -2.20. The van der Waals surface area contributed by atoms with Crippen LogP contribution in [0.4, 0.5) is 4.79 Å². The molecule has 1 aliphatic carbocycles. The monoisotopic (exact) mass is 477 g/mol. The lowest BCUT2D eigenvalue weighted by Crippen LogP contribution is -2.71. The molecule has 1 N–H and O–H groups in total. The van der Waals surface area contributed by atoms with Crippen molar-refractivity contribution in [3.8, 4) is 0 Å². The minimum atomic E-state index is -2.13. The summed E-state index contributed by atoms with van der Waals surface area (Å²) in [4.78, 5) is 26.5. The third kappa shape index (κ3) is 6.03. The van der Waals surface area contributed by atoms with Gasteiger partial charge < -0.3 is 28.7 Å². The Morgan fingerprint density at radius 2 is 1.88 bits per heavy atom. The summed E-state index contributed by atoms with van der Waals surface area (Å²) in [5.74, 6) is -1.89. The Labute approximate surface area is 196 Å². The Balaban J connectivity index is 1.94. The second-order valence-corrected chi connectivity index (χ2v) is 14.3. The Morgan fingerprint density at radius 1 is 1.18 bits per heavy atom. The average molecular weight is 478 g/mol. The summed E-state index contributed by atoms with van der Waals surface area (Å²) in [5, 5.41) is 2.86. The number of esters is 1. The van der Waals surface area contributed by atoms with Crippen LogP contribution in [-0.2, 0) is 34.8 Å². The molecule has 3 rings (SSSR count). The van der Waals surface area contributed by atoms with E-state index in [4.69, 9.17) is 23.4 Å². The van der Waals surface area contributed by atoms with E-state index in [0.29, 0.717) is 6.42 Å². The highest BCUT2D eigenvalue weighted by molar-refractivity contribution is 6.69. The van der Waals surface area contributed by atoms with Gasteiger partial charge in [0.2, 0.25) is 0 Å². The molecule has 1 aliphatic heterocycles. The molecule has 1 amide bonds. The molecule has 0 aromatic heterocycles. The Bertz CT molecular complexity index is 867. The van der Waals surface area contributed by atoms with Gasteiger partial charge >= 0.3 is 12.1 Å². The molecule has 33 heavy (non-hydrogen) atoms. The van der Waals surface area contributed by atoms with E-state index in [0.717, 1.165) is 5.56 Å². The summed E-state index contributed by atoms with van der Waals surface area (Å²) >= 11 is 0. The van der Waals surface area contributed by atoms with E-state index in [1.54, 1.807) is 0 Å². The zero-order chi connectivity index (χ0) is 24.3. The van der Waals surface area contributed by atoms with Crippen LogP contribution < -0.4 is 5.32 Å². The van der Waals surface area contributed by atoms with E-state index in [9.17, 15) is 9.59 Å². The van der Waals surface area contributed by atoms with Crippen LogP contribution in [0, 0.1) is 5.92 Å². The van der Waals surface area contributed by atoms with E-state index in [1.165, 1.54) is 7.11 Å². The Morgan fingerprint density at radius 3 is 2.45 bits per heavy atom. The van der Waals surface area contributed by atoms with Gasteiger partial charge in [0, 0.05) is 5.92 Å². The molecule has 2 aliphatic rings. The molecule has 0 saturated carbocycles. The van der Waals surface area contributed by atoms with Crippen molar-refractivity contribution in [3.05, 3.63) is 48.0 Å². The SMILES string of the molecule is COC(=O)[C@]1(NC(=O)OCc2ccccc2)[C@H](O[Si](C)(C)C)C=CC[C@H]1[C@H]1COC(C)(C)O1. The molecule has 1 aromatic rings. The summed E-state index contributed by atoms with van der Waals surface area (Å²) in [6.45, 7) is 10.1. The van der Waals surface area contributed by atoms with Gasteiger partial charge in [-0.3, -0.25) is 0 Å². The maximum atomic E-state index is 13.4. The predicted octanol–water partition coefficient (Wildman–Crippen LogP) is 3.77. The number of carbonyl (C=O) groups excluding carboxylic acids is 2. The Kier molecular flexibility index (Phi) is 7.68. The number of alkyl carbamates (subject to hydrolysis) is 1. The highest BCUT2D eigenvalue weighted by atomic mass is 28.4. The first kappa shape index (κ1) is 25.4. The van der Waals surface area contributed by atoms with Crippen molar-refractivity contribution in [1.82, 2.24) is 5.32 Å². The summed E-state index contributed by atoms with van der Waals surface area (Å²) in [6.07, 6.45) is 2.33. The maximum absolute atomic E-state index is 13.4. The maximum Gasteiger partial charge on any atom is 0.408 e. The topological polar surface area (TPSA) is 92.3 Å². The van der Waals surface area contributed by atoms with Crippen LogP contribution in [-0.4, -0.2) is 57.6 Å². The van der Waals surface area contributed by atoms with E-state index >= 15 is 0 Å². The van der Waals surface area contributed by atoms with Crippen LogP contribution in [0.15, 0.2) is 42.5 Å². The molecule has 9 heteroatoms. The van der Waals surface area contributed by atoms with Crippen molar-refractivity contribution in [3.63, 3.8) is 0 Å². The number of amides is 1. The second kappa shape index (κ2) is 9.96. The molecule has 182 valence electrons. The van der Waals surface area contributed by atoms with Gasteiger partial charge in [0.1, 0.15) is 6.61 Å². The molecule has 0 bridgehead atoms. The van der Waals surface area contributed by atoms with E-state index in [-0.39, 0.29) is 13.2 Å². The lowest BCUT2D eigenvalue weighted by Gasteiger charge is -2.47. The van der Waals surface area contributed by atoms with Crippen molar-refractivity contribution < 1.29 is 33.0 Å². The molecule has 1 fully saturated rings. The van der Waals surface area contributed by atoms with E-state index < -0.39 is 49.8 Å². The number of carbonyl (C=O) groups is 2. The minimum Gasteiger partial charge on any atom is -0.467 e. The molecule has 0 unspecified atom stereocenters. The van der Waals surface area contributed by atoms with Crippen LogP contribution in [0.25, 0.3) is 0 Å². The number of ether oxygens (including phenoxy) is 4. The highest BCUT2D eigenvalue weighted by Gasteiger charge is 2.60. The fourth-order valence-corrected chi connectivity index (χ4v) is 5.37.